The number of methoxy groups -OCH3 is 2. The van der Waals surface area contributed by atoms with Crippen molar-refractivity contribution in [3.8, 4) is 0 Å². The molecule has 1 N–H and O–H groups in total. The number of unbranched alkanes of at least 4 members (excludes halogenated alkanes) is 6. The average Bonchev–Trinajstić information content (AvgIpc) is 2.59. The number of aliphatic hydroxyl groups is 1. The monoisotopic (exact) mass is 346 g/mol. The van der Waals surface area contributed by atoms with E-state index in [0.717, 1.165) is 12.8 Å². The molecule has 0 rings (SSSR count). The van der Waals surface area contributed by atoms with Crippen LogP contribution in [0.1, 0.15) is 64.7 Å². The molecule has 0 saturated carbocycles. The Morgan fingerprint density at radius 2 is 1.50 bits per heavy atom. The topological polar surface area (TPSA) is 57.2 Å². The van der Waals surface area contributed by atoms with Gasteiger partial charge >= 0.3 is 0 Å². The molecule has 24 heavy (non-hydrogen) atoms. The van der Waals surface area contributed by atoms with Gasteiger partial charge in [0.05, 0.1) is 12.2 Å². The molecule has 3 atom stereocenters. The molecule has 0 aliphatic rings. The van der Waals surface area contributed by atoms with Crippen LogP contribution in [0, 0.1) is 0 Å². The third-order valence-electron chi connectivity index (χ3n) is 4.02. The highest BCUT2D eigenvalue weighted by atomic mass is 16.7. The molecule has 144 valence electrons. The fraction of sp³-hybridized carbons (Fsp3) is 0.895. The first-order chi connectivity index (χ1) is 11.7. The predicted molar refractivity (Wildman–Crippen MR) is 96.9 cm³/mol. The van der Waals surface area contributed by atoms with Gasteiger partial charge in [0.2, 0.25) is 0 Å². The second kappa shape index (κ2) is 17.4. The van der Waals surface area contributed by atoms with Crippen molar-refractivity contribution < 1.29 is 24.1 Å². The smallest absolute Gasteiger partial charge is 0.147 e. The lowest BCUT2D eigenvalue weighted by Crippen LogP contribution is -2.34. The summed E-state index contributed by atoms with van der Waals surface area (Å²) < 4.78 is 21.1. The van der Waals surface area contributed by atoms with Gasteiger partial charge in [0.25, 0.3) is 0 Å². The van der Waals surface area contributed by atoms with E-state index in [1.165, 1.54) is 38.5 Å². The van der Waals surface area contributed by atoms with Crippen LogP contribution in [-0.2, 0) is 18.9 Å². The minimum absolute atomic E-state index is 0.162. The van der Waals surface area contributed by atoms with E-state index in [9.17, 15) is 5.11 Å². The maximum absolute atomic E-state index is 10.3. The van der Waals surface area contributed by atoms with Crippen LogP contribution in [0.4, 0.5) is 0 Å². The molecular formula is C19H38O5. The average molecular weight is 347 g/mol. The Hall–Kier alpha value is -0.460. The molecule has 5 nitrogen and oxygen atoms in total. The SMILES string of the molecule is C=C[C@@H](OCOC)[C@@H](C[C@@H](O)CCCCCCCCC)OCOC. The van der Waals surface area contributed by atoms with Crippen molar-refractivity contribution in [2.24, 2.45) is 0 Å². The number of hydrogen-bond donors (Lipinski definition) is 1. The van der Waals surface area contributed by atoms with Crippen LogP contribution in [0.3, 0.4) is 0 Å². The molecule has 0 aliphatic carbocycles. The molecule has 0 heterocycles. The summed E-state index contributed by atoms with van der Waals surface area (Å²) in [4.78, 5) is 0. The highest BCUT2D eigenvalue weighted by Crippen LogP contribution is 2.17. The number of hydrogen-bond acceptors (Lipinski definition) is 5. The zero-order chi connectivity index (χ0) is 18.0. The lowest BCUT2D eigenvalue weighted by atomic mass is 10.0. The second-order valence-corrected chi connectivity index (χ2v) is 6.18. The van der Waals surface area contributed by atoms with Crippen molar-refractivity contribution in [2.45, 2.75) is 83.0 Å². The van der Waals surface area contributed by atoms with Gasteiger partial charge < -0.3 is 24.1 Å². The molecule has 0 unspecified atom stereocenters. The molecule has 0 aliphatic heterocycles. The quantitative estimate of drug-likeness (QED) is 0.231. The Morgan fingerprint density at radius 1 is 0.917 bits per heavy atom. The number of ether oxygens (including phenoxy) is 4. The van der Waals surface area contributed by atoms with E-state index in [1.54, 1.807) is 20.3 Å². The summed E-state index contributed by atoms with van der Waals surface area (Å²) in [6.07, 6.45) is 10.6. The van der Waals surface area contributed by atoms with Gasteiger partial charge in [-0.3, -0.25) is 0 Å². The minimum atomic E-state index is -0.406. The summed E-state index contributed by atoms with van der Waals surface area (Å²) in [6, 6.07) is 0. The van der Waals surface area contributed by atoms with Crippen molar-refractivity contribution >= 4 is 0 Å². The Kier molecular flexibility index (Phi) is 17.0. The second-order valence-electron chi connectivity index (χ2n) is 6.18. The molecule has 0 fully saturated rings. The Balaban J connectivity index is 4.08. The van der Waals surface area contributed by atoms with Crippen LogP contribution in [0.25, 0.3) is 0 Å². The lowest BCUT2D eigenvalue weighted by Gasteiger charge is -2.26. The van der Waals surface area contributed by atoms with Gasteiger partial charge in [0.15, 0.2) is 0 Å². The first-order valence-electron chi connectivity index (χ1n) is 9.21. The molecule has 0 bridgehead atoms. The van der Waals surface area contributed by atoms with E-state index in [-0.39, 0.29) is 25.8 Å². The molecule has 0 saturated heterocycles. The van der Waals surface area contributed by atoms with Gasteiger partial charge in [-0.15, -0.1) is 6.58 Å². The van der Waals surface area contributed by atoms with Gasteiger partial charge in [0.1, 0.15) is 19.7 Å². The van der Waals surface area contributed by atoms with E-state index in [4.69, 9.17) is 18.9 Å². The molecular weight excluding hydrogens is 308 g/mol. The first kappa shape index (κ1) is 23.5. The van der Waals surface area contributed by atoms with Gasteiger partial charge in [-0.25, -0.2) is 0 Å². The molecule has 0 spiro atoms. The van der Waals surface area contributed by atoms with Crippen molar-refractivity contribution in [1.29, 1.82) is 0 Å². The summed E-state index contributed by atoms with van der Waals surface area (Å²) in [5.41, 5.74) is 0. The zero-order valence-electron chi connectivity index (χ0n) is 15.9. The normalized spacial score (nSPS) is 15.2. The zero-order valence-corrected chi connectivity index (χ0v) is 15.9. The predicted octanol–water partition coefficient (Wildman–Crippen LogP) is 4.04. The van der Waals surface area contributed by atoms with E-state index in [1.807, 2.05) is 0 Å². The number of rotatable bonds is 18. The molecule has 0 aromatic carbocycles. The molecule has 0 amide bonds. The van der Waals surface area contributed by atoms with Crippen LogP contribution in [-0.4, -0.2) is 51.2 Å². The van der Waals surface area contributed by atoms with E-state index in [2.05, 4.69) is 13.5 Å². The number of aliphatic hydroxyl groups excluding tert-OH is 1. The van der Waals surface area contributed by atoms with Crippen LogP contribution in [0.5, 0.6) is 0 Å². The fourth-order valence-electron chi connectivity index (χ4n) is 2.65. The largest absolute Gasteiger partial charge is 0.393 e. The van der Waals surface area contributed by atoms with Gasteiger partial charge in [-0.1, -0.05) is 57.9 Å². The van der Waals surface area contributed by atoms with Gasteiger partial charge in [-0.2, -0.15) is 0 Å². The van der Waals surface area contributed by atoms with Crippen molar-refractivity contribution in [3.05, 3.63) is 12.7 Å². The van der Waals surface area contributed by atoms with Crippen molar-refractivity contribution in [3.63, 3.8) is 0 Å². The maximum atomic E-state index is 10.3. The summed E-state index contributed by atoms with van der Waals surface area (Å²) in [6.45, 7) is 6.33. The highest BCUT2D eigenvalue weighted by Gasteiger charge is 2.23. The van der Waals surface area contributed by atoms with E-state index in [0.29, 0.717) is 6.42 Å². The summed E-state index contributed by atoms with van der Waals surface area (Å²) >= 11 is 0. The van der Waals surface area contributed by atoms with E-state index < -0.39 is 6.10 Å². The molecule has 0 aromatic heterocycles. The fourth-order valence-corrected chi connectivity index (χ4v) is 2.65. The highest BCUT2D eigenvalue weighted by molar-refractivity contribution is 4.88. The molecule has 0 aromatic rings. The minimum Gasteiger partial charge on any atom is -0.393 e. The van der Waals surface area contributed by atoms with Crippen LogP contribution >= 0.6 is 0 Å². The Labute approximate surface area is 148 Å². The van der Waals surface area contributed by atoms with Crippen LogP contribution < -0.4 is 0 Å². The molecule has 5 heteroatoms. The summed E-state index contributed by atoms with van der Waals surface area (Å²) in [5.74, 6) is 0. The maximum Gasteiger partial charge on any atom is 0.147 e. The van der Waals surface area contributed by atoms with Crippen molar-refractivity contribution in [1.82, 2.24) is 0 Å². The van der Waals surface area contributed by atoms with Gasteiger partial charge in [-0.05, 0) is 6.42 Å². The third-order valence-corrected chi connectivity index (χ3v) is 4.02. The van der Waals surface area contributed by atoms with Crippen molar-refractivity contribution in [2.75, 3.05) is 27.8 Å². The Morgan fingerprint density at radius 3 is 2.08 bits per heavy atom. The summed E-state index contributed by atoms with van der Waals surface area (Å²) in [5, 5.41) is 10.3. The lowest BCUT2D eigenvalue weighted by molar-refractivity contribution is -0.151. The molecule has 0 radical (unpaired) electrons. The van der Waals surface area contributed by atoms with Crippen LogP contribution in [0.15, 0.2) is 12.7 Å². The van der Waals surface area contributed by atoms with Crippen LogP contribution in [0.2, 0.25) is 0 Å². The van der Waals surface area contributed by atoms with E-state index >= 15 is 0 Å². The third kappa shape index (κ3) is 12.9. The summed E-state index contributed by atoms with van der Waals surface area (Å²) in [7, 11) is 3.14. The first-order valence-corrected chi connectivity index (χ1v) is 9.21. The standard InChI is InChI=1S/C19H38O5/c1-5-7-8-9-10-11-12-13-17(20)14-19(24-16-22-4)18(6-2)23-15-21-3/h6,17-20H,2,5,7-16H2,1,3-4H3/t17-,18+,19+/m0/s1. The Bertz CT molecular complexity index is 272. The van der Waals surface area contributed by atoms with Gasteiger partial charge in [0, 0.05) is 20.6 Å².